The molecule has 1 amide bonds. The second kappa shape index (κ2) is 12.0. The number of methoxy groups -OCH3 is 1. The minimum absolute atomic E-state index is 0. The smallest absolute Gasteiger partial charge is 0.255 e. The second-order valence-corrected chi connectivity index (χ2v) is 5.53. The van der Waals surface area contributed by atoms with Crippen molar-refractivity contribution in [1.29, 1.82) is 0 Å². The van der Waals surface area contributed by atoms with Crippen LogP contribution in [0.3, 0.4) is 0 Å². The number of rotatable bonds is 8. The highest BCUT2D eigenvalue weighted by Crippen LogP contribution is 2.13. The average molecular weight is 484 g/mol. The van der Waals surface area contributed by atoms with Crippen molar-refractivity contribution in [2.24, 2.45) is 10.7 Å². The van der Waals surface area contributed by atoms with Gasteiger partial charge in [0.15, 0.2) is 12.6 Å². The molecule has 0 radical (unpaired) electrons. The summed E-state index contributed by atoms with van der Waals surface area (Å²) < 4.78 is 10.5. The van der Waals surface area contributed by atoms with Gasteiger partial charge in [-0.3, -0.25) is 9.79 Å². The average Bonchev–Trinajstić information content (AvgIpc) is 2.67. The summed E-state index contributed by atoms with van der Waals surface area (Å²) in [5.41, 5.74) is 7.17. The molecule has 4 N–H and O–H groups in total. The van der Waals surface area contributed by atoms with E-state index in [4.69, 9.17) is 15.2 Å². The zero-order valence-corrected chi connectivity index (χ0v) is 17.7. The standard InChI is InChI=1S/C19H24N4O3.HI/c1-21-19(22-11-14-5-3-7-16(9-14)25-2)23-12-15-6-4-8-17(10-15)26-13-18(20)24;/h3-10H,11-13H2,1-2H3,(H2,20,24)(H2,21,22,23);1H. The number of benzene rings is 2. The maximum absolute atomic E-state index is 10.8. The van der Waals surface area contributed by atoms with Gasteiger partial charge in [0, 0.05) is 20.1 Å². The molecule has 0 saturated carbocycles. The number of carbonyl (C=O) groups excluding carboxylic acids is 1. The van der Waals surface area contributed by atoms with Crippen LogP contribution in [0.2, 0.25) is 0 Å². The largest absolute Gasteiger partial charge is 0.497 e. The lowest BCUT2D eigenvalue weighted by atomic mass is 10.2. The van der Waals surface area contributed by atoms with Gasteiger partial charge in [-0.05, 0) is 35.4 Å². The summed E-state index contributed by atoms with van der Waals surface area (Å²) in [6.45, 7) is 1.05. The van der Waals surface area contributed by atoms with Crippen molar-refractivity contribution >= 4 is 35.8 Å². The Kier molecular flexibility index (Phi) is 10.0. The number of ether oxygens (including phenoxy) is 2. The van der Waals surface area contributed by atoms with Crippen molar-refractivity contribution in [2.45, 2.75) is 13.1 Å². The second-order valence-electron chi connectivity index (χ2n) is 5.53. The summed E-state index contributed by atoms with van der Waals surface area (Å²) in [6.07, 6.45) is 0. The summed E-state index contributed by atoms with van der Waals surface area (Å²) in [5, 5.41) is 6.49. The highest BCUT2D eigenvalue weighted by molar-refractivity contribution is 14.0. The third-order valence-corrected chi connectivity index (χ3v) is 3.56. The van der Waals surface area contributed by atoms with E-state index in [9.17, 15) is 4.79 Å². The molecule has 0 atom stereocenters. The number of halogens is 1. The third-order valence-electron chi connectivity index (χ3n) is 3.56. The Hall–Kier alpha value is -2.49. The van der Waals surface area contributed by atoms with Gasteiger partial charge >= 0.3 is 0 Å². The fourth-order valence-electron chi connectivity index (χ4n) is 2.27. The van der Waals surface area contributed by atoms with Gasteiger partial charge in [-0.1, -0.05) is 24.3 Å². The van der Waals surface area contributed by atoms with E-state index in [2.05, 4.69) is 15.6 Å². The van der Waals surface area contributed by atoms with Crippen LogP contribution in [0.4, 0.5) is 0 Å². The number of amides is 1. The van der Waals surface area contributed by atoms with Gasteiger partial charge in [0.2, 0.25) is 0 Å². The molecule has 2 aromatic carbocycles. The highest BCUT2D eigenvalue weighted by atomic mass is 127. The molecule has 27 heavy (non-hydrogen) atoms. The normalized spacial score (nSPS) is 10.5. The lowest BCUT2D eigenvalue weighted by Crippen LogP contribution is -2.36. The van der Waals surface area contributed by atoms with Crippen molar-refractivity contribution in [1.82, 2.24) is 10.6 Å². The molecule has 146 valence electrons. The lowest BCUT2D eigenvalue weighted by Gasteiger charge is -2.13. The number of aliphatic imine (C=N–C) groups is 1. The van der Waals surface area contributed by atoms with Gasteiger partial charge in [0.25, 0.3) is 5.91 Å². The van der Waals surface area contributed by atoms with Crippen LogP contribution in [0, 0.1) is 0 Å². The molecule has 0 unspecified atom stereocenters. The number of primary amides is 1. The number of carbonyl (C=O) groups is 1. The van der Waals surface area contributed by atoms with Crippen molar-refractivity contribution in [3.8, 4) is 11.5 Å². The number of nitrogens with one attached hydrogen (secondary N) is 2. The summed E-state index contributed by atoms with van der Waals surface area (Å²) in [4.78, 5) is 15.0. The van der Waals surface area contributed by atoms with Crippen LogP contribution >= 0.6 is 24.0 Å². The van der Waals surface area contributed by atoms with E-state index < -0.39 is 5.91 Å². The minimum atomic E-state index is -0.504. The van der Waals surface area contributed by atoms with Gasteiger partial charge in [-0.15, -0.1) is 24.0 Å². The summed E-state index contributed by atoms with van der Waals surface area (Å²) in [7, 11) is 3.36. The van der Waals surface area contributed by atoms with Gasteiger partial charge in [0.1, 0.15) is 11.5 Å². The lowest BCUT2D eigenvalue weighted by molar-refractivity contribution is -0.119. The van der Waals surface area contributed by atoms with Gasteiger partial charge in [-0.2, -0.15) is 0 Å². The topological polar surface area (TPSA) is 98.0 Å². The maximum atomic E-state index is 10.8. The van der Waals surface area contributed by atoms with E-state index >= 15 is 0 Å². The van der Waals surface area contributed by atoms with Gasteiger partial charge in [0.05, 0.1) is 7.11 Å². The predicted octanol–water partition coefficient (Wildman–Crippen LogP) is 2.04. The Morgan fingerprint density at radius 3 is 2.11 bits per heavy atom. The van der Waals surface area contributed by atoms with Crippen LogP contribution in [0.1, 0.15) is 11.1 Å². The summed E-state index contributed by atoms with van der Waals surface area (Å²) >= 11 is 0. The van der Waals surface area contributed by atoms with E-state index in [1.807, 2.05) is 42.5 Å². The van der Waals surface area contributed by atoms with Crippen LogP contribution in [0.25, 0.3) is 0 Å². The van der Waals surface area contributed by atoms with Gasteiger partial charge < -0.3 is 25.8 Å². The fourth-order valence-corrected chi connectivity index (χ4v) is 2.27. The van der Waals surface area contributed by atoms with E-state index in [0.29, 0.717) is 24.8 Å². The minimum Gasteiger partial charge on any atom is -0.497 e. The zero-order valence-electron chi connectivity index (χ0n) is 15.4. The molecule has 0 heterocycles. The molecule has 0 saturated heterocycles. The predicted molar refractivity (Wildman–Crippen MR) is 117 cm³/mol. The Balaban J connectivity index is 0.00000364. The first kappa shape index (κ1) is 22.6. The number of nitrogens with zero attached hydrogens (tertiary/aromatic N) is 1. The number of guanidine groups is 1. The first-order valence-corrected chi connectivity index (χ1v) is 8.18. The van der Waals surface area contributed by atoms with Gasteiger partial charge in [-0.25, -0.2) is 0 Å². The molecule has 0 spiro atoms. The van der Waals surface area contributed by atoms with E-state index in [1.165, 1.54) is 0 Å². The summed E-state index contributed by atoms with van der Waals surface area (Å²) in [5.74, 6) is 1.59. The quantitative estimate of drug-likeness (QED) is 0.303. The number of hydrogen-bond acceptors (Lipinski definition) is 4. The van der Waals surface area contributed by atoms with Crippen LogP contribution in [-0.4, -0.2) is 32.6 Å². The fraction of sp³-hybridized carbons (Fsp3) is 0.263. The maximum Gasteiger partial charge on any atom is 0.255 e. The van der Waals surface area contributed by atoms with Crippen molar-refractivity contribution in [2.75, 3.05) is 20.8 Å². The molecule has 0 aliphatic rings. The SMILES string of the molecule is CN=C(NCc1cccc(OC)c1)NCc1cccc(OCC(N)=O)c1.I. The number of nitrogens with two attached hydrogens (primary N) is 1. The monoisotopic (exact) mass is 484 g/mol. The molecule has 7 nitrogen and oxygen atoms in total. The first-order valence-electron chi connectivity index (χ1n) is 8.18. The van der Waals surface area contributed by atoms with Crippen LogP contribution < -0.4 is 25.8 Å². The molecule has 2 rings (SSSR count). The molecule has 0 aliphatic heterocycles. The molecule has 0 bridgehead atoms. The van der Waals surface area contributed by atoms with Crippen LogP contribution in [0.5, 0.6) is 11.5 Å². The highest BCUT2D eigenvalue weighted by Gasteiger charge is 2.02. The third kappa shape index (κ3) is 8.16. The van der Waals surface area contributed by atoms with Crippen molar-refractivity contribution < 1.29 is 14.3 Å². The molecule has 8 heteroatoms. The van der Waals surface area contributed by atoms with Crippen molar-refractivity contribution in [3.63, 3.8) is 0 Å². The van der Waals surface area contributed by atoms with E-state index in [1.54, 1.807) is 20.2 Å². The Labute approximate surface area is 176 Å². The van der Waals surface area contributed by atoms with Crippen LogP contribution in [-0.2, 0) is 17.9 Å². The van der Waals surface area contributed by atoms with E-state index in [0.717, 1.165) is 16.9 Å². The molecule has 2 aromatic rings. The molecular formula is C19H25IN4O3. The summed E-state index contributed by atoms with van der Waals surface area (Å²) in [6, 6.07) is 15.3. The zero-order chi connectivity index (χ0) is 18.8. The number of hydrogen-bond donors (Lipinski definition) is 3. The van der Waals surface area contributed by atoms with Crippen LogP contribution in [0.15, 0.2) is 53.5 Å². The van der Waals surface area contributed by atoms with Crippen molar-refractivity contribution in [3.05, 3.63) is 59.7 Å². The Morgan fingerprint density at radius 2 is 1.59 bits per heavy atom. The Morgan fingerprint density at radius 1 is 1.04 bits per heavy atom. The van der Waals surface area contributed by atoms with E-state index in [-0.39, 0.29) is 30.6 Å². The first-order chi connectivity index (χ1) is 12.6. The molecule has 0 fully saturated rings. The molecular weight excluding hydrogens is 459 g/mol. The Bertz CT molecular complexity index is 768. The molecule has 0 aliphatic carbocycles. The molecule has 0 aromatic heterocycles.